The highest BCUT2D eigenvalue weighted by Crippen LogP contribution is 2.19. The number of carboxylic acids is 1. The highest BCUT2D eigenvalue weighted by atomic mass is 32.2. The zero-order chi connectivity index (χ0) is 16.2. The number of carboxylic acid groups (broad SMARTS) is 1. The van der Waals surface area contributed by atoms with Gasteiger partial charge < -0.3 is 9.94 Å². The van der Waals surface area contributed by atoms with E-state index in [1.54, 1.807) is 18.2 Å². The molecule has 0 fully saturated rings. The zero-order valence-electron chi connectivity index (χ0n) is 11.4. The number of sulfonamides is 1. The van der Waals surface area contributed by atoms with Gasteiger partial charge in [0.05, 0.1) is 4.90 Å². The van der Waals surface area contributed by atoms with Crippen LogP contribution in [0.15, 0.2) is 60.0 Å². The molecule has 0 aliphatic carbocycles. The van der Waals surface area contributed by atoms with Crippen LogP contribution >= 0.6 is 0 Å². The Morgan fingerprint density at radius 1 is 1.14 bits per heavy atom. The first-order valence-electron chi connectivity index (χ1n) is 6.18. The van der Waals surface area contributed by atoms with E-state index in [0.717, 1.165) is 0 Å². The van der Waals surface area contributed by atoms with Gasteiger partial charge >= 0.3 is 5.97 Å². The number of para-hydroxylation sites is 1. The molecule has 0 aliphatic rings. The summed E-state index contributed by atoms with van der Waals surface area (Å²) in [5.74, 6) is -1.32. The van der Waals surface area contributed by atoms with E-state index in [-0.39, 0.29) is 16.2 Å². The minimum Gasteiger partial charge on any atom is -0.478 e. The first-order valence-corrected chi connectivity index (χ1v) is 7.66. The van der Waals surface area contributed by atoms with E-state index in [2.05, 4.69) is 6.58 Å². The molecule has 0 radical (unpaired) electrons. The van der Waals surface area contributed by atoms with Gasteiger partial charge in [-0.3, -0.25) is 0 Å². The molecule has 0 unspecified atom stereocenters. The minimum atomic E-state index is -3.98. The largest absolute Gasteiger partial charge is 0.478 e. The van der Waals surface area contributed by atoms with Crippen LogP contribution in [-0.2, 0) is 10.0 Å². The molecular weight excluding hydrogens is 306 g/mol. The Hall–Kier alpha value is -2.64. The number of benzene rings is 2. The van der Waals surface area contributed by atoms with E-state index < -0.39 is 16.0 Å². The predicted molar refractivity (Wildman–Crippen MR) is 80.9 cm³/mol. The van der Waals surface area contributed by atoms with Crippen LogP contribution in [0.1, 0.15) is 15.9 Å². The lowest BCUT2D eigenvalue weighted by atomic mass is 10.2. The molecule has 0 saturated carbocycles. The fourth-order valence-electron chi connectivity index (χ4n) is 1.77. The molecule has 0 aromatic heterocycles. The monoisotopic (exact) mass is 319 g/mol. The number of rotatable bonds is 6. The zero-order valence-corrected chi connectivity index (χ0v) is 12.2. The van der Waals surface area contributed by atoms with Gasteiger partial charge in [0.1, 0.15) is 5.56 Å². The molecule has 7 heteroatoms. The molecule has 2 rings (SSSR count). The highest BCUT2D eigenvalue weighted by molar-refractivity contribution is 7.89. The second kappa shape index (κ2) is 6.42. The van der Waals surface area contributed by atoms with Gasteiger partial charge in [0.2, 0.25) is 0 Å². The normalized spacial score (nSPS) is 10.9. The Kier molecular flexibility index (Phi) is 4.59. The van der Waals surface area contributed by atoms with Crippen LogP contribution in [0, 0.1) is 0 Å². The maximum absolute atomic E-state index is 12.2. The summed E-state index contributed by atoms with van der Waals surface area (Å²) < 4.78 is 24.5. The third kappa shape index (κ3) is 3.33. The van der Waals surface area contributed by atoms with E-state index in [4.69, 9.17) is 9.94 Å². The third-order valence-corrected chi connectivity index (χ3v) is 4.06. The van der Waals surface area contributed by atoms with Gasteiger partial charge in [0, 0.05) is 0 Å². The second-order valence-electron chi connectivity index (χ2n) is 4.23. The lowest BCUT2D eigenvalue weighted by molar-refractivity contribution is 0.0690. The Morgan fingerprint density at radius 2 is 1.77 bits per heavy atom. The molecule has 0 saturated heterocycles. The molecule has 22 heavy (non-hydrogen) atoms. The second-order valence-corrected chi connectivity index (χ2v) is 5.85. The molecule has 0 heterocycles. The van der Waals surface area contributed by atoms with E-state index in [1.165, 1.54) is 36.4 Å². The average Bonchev–Trinajstić information content (AvgIpc) is 2.53. The maximum atomic E-state index is 12.2. The summed E-state index contributed by atoms with van der Waals surface area (Å²) in [6.45, 7) is 3.55. The number of hydrogen-bond acceptors (Lipinski definition) is 4. The topological polar surface area (TPSA) is 92.7 Å². The quantitative estimate of drug-likeness (QED) is 0.797. The molecule has 2 aromatic rings. The van der Waals surface area contributed by atoms with Crippen LogP contribution in [0.4, 0.5) is 0 Å². The van der Waals surface area contributed by atoms with E-state index in [0.29, 0.717) is 5.56 Å². The molecule has 0 spiro atoms. The molecular formula is C15H13NO5S. The Balaban J connectivity index is 2.28. The highest BCUT2D eigenvalue weighted by Gasteiger charge is 2.19. The summed E-state index contributed by atoms with van der Waals surface area (Å²) in [4.78, 5) is 17.9. The molecule has 0 bridgehead atoms. The van der Waals surface area contributed by atoms with Crippen LogP contribution in [0.25, 0.3) is 6.08 Å². The van der Waals surface area contributed by atoms with Gasteiger partial charge in [-0.25, -0.2) is 13.2 Å². The van der Waals surface area contributed by atoms with E-state index in [1.807, 2.05) is 4.89 Å². The molecule has 2 N–H and O–H groups in total. The van der Waals surface area contributed by atoms with Crippen molar-refractivity contribution in [2.24, 2.45) is 0 Å². The van der Waals surface area contributed by atoms with Gasteiger partial charge in [-0.05, 0) is 28.6 Å². The van der Waals surface area contributed by atoms with Crippen molar-refractivity contribution in [3.8, 4) is 5.75 Å². The molecule has 6 nitrogen and oxygen atoms in total. The first-order chi connectivity index (χ1) is 10.5. The van der Waals surface area contributed by atoms with Gasteiger partial charge in [0.25, 0.3) is 10.0 Å². The molecule has 2 aromatic carbocycles. The molecule has 114 valence electrons. The van der Waals surface area contributed by atoms with Crippen molar-refractivity contribution >= 4 is 22.1 Å². The standard InChI is InChI=1S/C15H13NO5S/c1-2-11-7-3-6-10-14(11)22(19,20)16-21-13-9-5-4-8-12(13)15(17)18/h2-10,16H,1H2,(H,17,18). The lowest BCUT2D eigenvalue weighted by Gasteiger charge is -2.11. The number of hydrogen-bond donors (Lipinski definition) is 2. The summed E-state index contributed by atoms with van der Waals surface area (Å²) in [6, 6.07) is 11.9. The number of nitrogens with one attached hydrogen (secondary N) is 1. The maximum Gasteiger partial charge on any atom is 0.339 e. The van der Waals surface area contributed by atoms with Gasteiger partial charge in [-0.1, -0.05) is 43.0 Å². The average molecular weight is 319 g/mol. The number of carbonyl (C=O) groups is 1. The van der Waals surface area contributed by atoms with Crippen molar-refractivity contribution < 1.29 is 23.2 Å². The Bertz CT molecular complexity index is 814. The van der Waals surface area contributed by atoms with Crippen molar-refractivity contribution in [2.45, 2.75) is 4.90 Å². The predicted octanol–water partition coefficient (Wildman–Crippen LogP) is 2.30. The van der Waals surface area contributed by atoms with Crippen LogP contribution < -0.4 is 9.72 Å². The lowest BCUT2D eigenvalue weighted by Crippen LogP contribution is -2.28. The molecule has 0 aliphatic heterocycles. The Morgan fingerprint density at radius 3 is 2.45 bits per heavy atom. The fourth-order valence-corrected chi connectivity index (χ4v) is 2.78. The number of aromatic carboxylic acids is 1. The van der Waals surface area contributed by atoms with Crippen molar-refractivity contribution in [1.29, 1.82) is 0 Å². The van der Waals surface area contributed by atoms with Crippen LogP contribution in [0.5, 0.6) is 5.75 Å². The first kappa shape index (κ1) is 15.7. The molecule has 0 amide bonds. The smallest absolute Gasteiger partial charge is 0.339 e. The van der Waals surface area contributed by atoms with Crippen LogP contribution in [0.3, 0.4) is 0 Å². The van der Waals surface area contributed by atoms with Crippen LogP contribution in [0.2, 0.25) is 0 Å². The van der Waals surface area contributed by atoms with Gasteiger partial charge in [0.15, 0.2) is 5.75 Å². The fraction of sp³-hybridized carbons (Fsp3) is 0. The third-order valence-electron chi connectivity index (χ3n) is 2.81. The van der Waals surface area contributed by atoms with Crippen LogP contribution in [-0.4, -0.2) is 19.5 Å². The SMILES string of the molecule is C=Cc1ccccc1S(=O)(=O)NOc1ccccc1C(=O)O. The summed E-state index contributed by atoms with van der Waals surface area (Å²) in [6.07, 6.45) is 1.40. The summed E-state index contributed by atoms with van der Waals surface area (Å²) in [5.41, 5.74) is 0.257. The summed E-state index contributed by atoms with van der Waals surface area (Å²) in [5, 5.41) is 9.02. The summed E-state index contributed by atoms with van der Waals surface area (Å²) in [7, 11) is -3.98. The minimum absolute atomic E-state index is 0.0159. The van der Waals surface area contributed by atoms with Crippen molar-refractivity contribution in [2.75, 3.05) is 0 Å². The Labute approximate surface area is 127 Å². The summed E-state index contributed by atoms with van der Waals surface area (Å²) >= 11 is 0. The van der Waals surface area contributed by atoms with E-state index in [9.17, 15) is 13.2 Å². The van der Waals surface area contributed by atoms with E-state index >= 15 is 0 Å². The van der Waals surface area contributed by atoms with Gasteiger partial charge in [-0.2, -0.15) is 0 Å². The van der Waals surface area contributed by atoms with Crippen molar-refractivity contribution in [3.05, 3.63) is 66.2 Å². The molecule has 0 atom stereocenters. The van der Waals surface area contributed by atoms with Gasteiger partial charge in [-0.15, -0.1) is 0 Å². The van der Waals surface area contributed by atoms with Crippen molar-refractivity contribution in [3.63, 3.8) is 0 Å². The van der Waals surface area contributed by atoms with Crippen molar-refractivity contribution in [1.82, 2.24) is 4.89 Å².